The largest absolute Gasteiger partial charge is 0.496 e. The lowest BCUT2D eigenvalue weighted by Gasteiger charge is -2.29. The first-order chi connectivity index (χ1) is 20.4. The van der Waals surface area contributed by atoms with Crippen LogP contribution < -0.4 is 24.4 Å². The number of rotatable bonds is 9. The standard InChI is InChI=1S/C33H32FN3O4S/c1-5-36(6-2)32(39)29-21(3)35-33-37(30(29)25-12-8-10-14-27(25)40-4)31(38)28(42-33)19-23-11-7-9-13-26(23)41-20-22-15-17-24(34)18-16-22/h7-19,30H,5-6,20H2,1-4H3/b28-19+/t30-/m1/s1. The number of benzene rings is 3. The van der Waals surface area contributed by atoms with Crippen molar-refractivity contribution < 1.29 is 18.7 Å². The monoisotopic (exact) mass is 585 g/mol. The van der Waals surface area contributed by atoms with E-state index in [0.717, 1.165) is 5.56 Å². The van der Waals surface area contributed by atoms with Crippen molar-refractivity contribution in [2.24, 2.45) is 4.99 Å². The van der Waals surface area contributed by atoms with Crippen LogP contribution in [0.4, 0.5) is 4.39 Å². The molecular formula is C33H32FN3O4S. The van der Waals surface area contributed by atoms with E-state index in [-0.39, 0.29) is 23.9 Å². The fourth-order valence-electron chi connectivity index (χ4n) is 5.08. The highest BCUT2D eigenvalue weighted by Gasteiger charge is 2.35. The molecule has 9 heteroatoms. The number of ether oxygens (including phenoxy) is 2. The van der Waals surface area contributed by atoms with Gasteiger partial charge in [-0.15, -0.1) is 0 Å². The van der Waals surface area contributed by atoms with E-state index in [1.165, 1.54) is 23.5 Å². The van der Waals surface area contributed by atoms with Crippen molar-refractivity contribution in [1.29, 1.82) is 0 Å². The highest BCUT2D eigenvalue weighted by molar-refractivity contribution is 7.07. The van der Waals surface area contributed by atoms with Gasteiger partial charge in [-0.1, -0.05) is 59.9 Å². The van der Waals surface area contributed by atoms with Gasteiger partial charge < -0.3 is 14.4 Å². The highest BCUT2D eigenvalue weighted by atomic mass is 32.1. The van der Waals surface area contributed by atoms with Crippen LogP contribution in [0.1, 0.15) is 43.5 Å². The summed E-state index contributed by atoms with van der Waals surface area (Å²) in [4.78, 5) is 34.9. The third kappa shape index (κ3) is 5.65. The Morgan fingerprint density at radius 3 is 2.38 bits per heavy atom. The first-order valence-electron chi connectivity index (χ1n) is 13.8. The molecule has 7 nitrogen and oxygen atoms in total. The highest BCUT2D eigenvalue weighted by Crippen LogP contribution is 2.36. The zero-order chi connectivity index (χ0) is 29.8. The molecule has 0 radical (unpaired) electrons. The number of halogens is 1. The van der Waals surface area contributed by atoms with Crippen molar-refractivity contribution in [2.45, 2.75) is 33.4 Å². The summed E-state index contributed by atoms with van der Waals surface area (Å²) in [5, 5.41) is 0. The van der Waals surface area contributed by atoms with Gasteiger partial charge in [0.1, 0.15) is 30.0 Å². The maximum Gasteiger partial charge on any atom is 0.271 e. The van der Waals surface area contributed by atoms with Crippen LogP contribution in [0.2, 0.25) is 0 Å². The number of hydrogen-bond acceptors (Lipinski definition) is 6. The molecule has 1 amide bonds. The quantitative estimate of drug-likeness (QED) is 0.282. The number of allylic oxidation sites excluding steroid dienone is 1. The van der Waals surface area contributed by atoms with E-state index in [2.05, 4.69) is 0 Å². The van der Waals surface area contributed by atoms with Gasteiger partial charge in [0.2, 0.25) is 0 Å². The van der Waals surface area contributed by atoms with E-state index in [1.54, 1.807) is 34.8 Å². The minimum atomic E-state index is -0.711. The molecular weight excluding hydrogens is 553 g/mol. The number of nitrogens with zero attached hydrogens (tertiary/aromatic N) is 3. The summed E-state index contributed by atoms with van der Waals surface area (Å²) in [6.07, 6.45) is 1.79. The smallest absolute Gasteiger partial charge is 0.271 e. The minimum absolute atomic E-state index is 0.161. The van der Waals surface area contributed by atoms with Crippen molar-refractivity contribution in [3.05, 3.63) is 126 Å². The maximum absolute atomic E-state index is 14.1. The summed E-state index contributed by atoms with van der Waals surface area (Å²) in [6, 6.07) is 20.3. The van der Waals surface area contributed by atoms with Crippen LogP contribution in [0.5, 0.6) is 11.5 Å². The zero-order valence-corrected chi connectivity index (χ0v) is 24.8. The Balaban J connectivity index is 1.63. The van der Waals surface area contributed by atoms with Crippen molar-refractivity contribution >= 4 is 23.3 Å². The Morgan fingerprint density at radius 2 is 1.69 bits per heavy atom. The number of likely N-dealkylation sites (N-methyl/N-ethyl adjacent to an activating group) is 1. The van der Waals surface area contributed by atoms with Gasteiger partial charge in [-0.25, -0.2) is 9.38 Å². The molecule has 1 atom stereocenters. The fraction of sp³-hybridized carbons (Fsp3) is 0.242. The number of fused-ring (bicyclic) bond motifs is 1. The average molecular weight is 586 g/mol. The van der Waals surface area contributed by atoms with Crippen molar-refractivity contribution in [2.75, 3.05) is 20.2 Å². The lowest BCUT2D eigenvalue weighted by atomic mass is 9.94. The molecule has 216 valence electrons. The molecule has 0 N–H and O–H groups in total. The van der Waals surface area contributed by atoms with E-state index in [4.69, 9.17) is 14.5 Å². The van der Waals surface area contributed by atoms with Gasteiger partial charge in [-0.3, -0.25) is 14.2 Å². The van der Waals surface area contributed by atoms with Gasteiger partial charge >= 0.3 is 0 Å². The van der Waals surface area contributed by atoms with E-state index in [1.807, 2.05) is 69.3 Å². The molecule has 0 fully saturated rings. The molecule has 42 heavy (non-hydrogen) atoms. The molecule has 0 saturated carbocycles. The van der Waals surface area contributed by atoms with Crippen LogP contribution in [-0.4, -0.2) is 35.6 Å². The van der Waals surface area contributed by atoms with Gasteiger partial charge in [0.05, 0.1) is 22.9 Å². The molecule has 1 aromatic heterocycles. The topological polar surface area (TPSA) is 73.1 Å². The lowest BCUT2D eigenvalue weighted by molar-refractivity contribution is -0.127. The van der Waals surface area contributed by atoms with Crippen LogP contribution in [0.3, 0.4) is 0 Å². The van der Waals surface area contributed by atoms with Crippen molar-refractivity contribution in [1.82, 2.24) is 9.47 Å². The summed E-state index contributed by atoms with van der Waals surface area (Å²) in [7, 11) is 1.58. The Morgan fingerprint density at radius 1 is 1.02 bits per heavy atom. The number of hydrogen-bond donors (Lipinski definition) is 0. The summed E-state index contributed by atoms with van der Waals surface area (Å²) < 4.78 is 27.1. The Hall–Kier alpha value is -4.50. The molecule has 1 aliphatic heterocycles. The number of thiazole rings is 1. The molecule has 2 heterocycles. The van der Waals surface area contributed by atoms with Crippen LogP contribution >= 0.6 is 11.3 Å². The SMILES string of the molecule is CCN(CC)C(=O)C1=C(C)N=c2s/c(=C/c3ccccc3OCc3ccc(F)cc3)c(=O)n2[C@@H]1c1ccccc1OC. The number of carbonyl (C=O) groups is 1. The molecule has 0 unspecified atom stereocenters. The third-order valence-corrected chi connectivity index (χ3v) is 8.23. The first-order valence-corrected chi connectivity index (χ1v) is 14.6. The molecule has 3 aromatic carbocycles. The third-order valence-electron chi connectivity index (χ3n) is 7.25. The summed E-state index contributed by atoms with van der Waals surface area (Å²) in [5.74, 6) is 0.697. The molecule has 1 aliphatic rings. The zero-order valence-electron chi connectivity index (χ0n) is 24.0. The lowest BCUT2D eigenvalue weighted by Crippen LogP contribution is -2.43. The van der Waals surface area contributed by atoms with Crippen molar-refractivity contribution in [3.63, 3.8) is 0 Å². The molecule has 0 saturated heterocycles. The van der Waals surface area contributed by atoms with E-state index in [0.29, 0.717) is 56.3 Å². The second kappa shape index (κ2) is 12.6. The predicted molar refractivity (Wildman–Crippen MR) is 162 cm³/mol. The fourth-order valence-corrected chi connectivity index (χ4v) is 6.11. The van der Waals surface area contributed by atoms with Gasteiger partial charge in [0, 0.05) is 24.2 Å². The number of amides is 1. The second-order valence-corrected chi connectivity index (χ2v) is 10.8. The van der Waals surface area contributed by atoms with E-state index in [9.17, 15) is 14.0 Å². The molecule has 4 aromatic rings. The molecule has 0 spiro atoms. The Bertz CT molecular complexity index is 1820. The van der Waals surface area contributed by atoms with Gasteiger partial charge in [-0.2, -0.15) is 0 Å². The summed E-state index contributed by atoms with van der Waals surface area (Å²) in [5.41, 5.74) is 3.00. The van der Waals surface area contributed by atoms with Crippen LogP contribution in [-0.2, 0) is 11.4 Å². The second-order valence-electron chi connectivity index (χ2n) is 9.75. The number of carbonyl (C=O) groups excluding carboxylic acids is 1. The molecule has 5 rings (SSSR count). The summed E-state index contributed by atoms with van der Waals surface area (Å²) >= 11 is 1.26. The van der Waals surface area contributed by atoms with Gasteiger partial charge in [-0.05, 0) is 56.7 Å². The van der Waals surface area contributed by atoms with Gasteiger partial charge in [0.15, 0.2) is 4.80 Å². The molecule has 0 aliphatic carbocycles. The van der Waals surface area contributed by atoms with Crippen LogP contribution in [0.15, 0.2) is 93.9 Å². The normalized spacial score (nSPS) is 14.8. The number of methoxy groups -OCH3 is 1. The average Bonchev–Trinajstić information content (AvgIpc) is 3.31. The van der Waals surface area contributed by atoms with Gasteiger partial charge in [0.25, 0.3) is 11.5 Å². The predicted octanol–water partition coefficient (Wildman–Crippen LogP) is 4.83. The van der Waals surface area contributed by atoms with E-state index < -0.39 is 6.04 Å². The number of para-hydroxylation sites is 2. The first kappa shape index (κ1) is 29.0. The molecule has 0 bridgehead atoms. The maximum atomic E-state index is 14.1. The Labute approximate surface area is 247 Å². The van der Waals surface area contributed by atoms with Crippen molar-refractivity contribution in [3.8, 4) is 11.5 Å². The minimum Gasteiger partial charge on any atom is -0.496 e. The number of aromatic nitrogens is 1. The van der Waals surface area contributed by atoms with Crippen LogP contribution in [0, 0.1) is 5.82 Å². The van der Waals surface area contributed by atoms with Crippen LogP contribution in [0.25, 0.3) is 6.08 Å². The summed E-state index contributed by atoms with van der Waals surface area (Å²) in [6.45, 7) is 6.99. The van der Waals surface area contributed by atoms with E-state index >= 15 is 0 Å². The Kier molecular flexibility index (Phi) is 8.68.